The van der Waals surface area contributed by atoms with Gasteiger partial charge in [-0.25, -0.2) is 0 Å². The third kappa shape index (κ3) is 6.74. The Kier molecular flexibility index (Phi) is 8.92. The highest BCUT2D eigenvalue weighted by Crippen LogP contribution is 2.33. The lowest BCUT2D eigenvalue weighted by molar-refractivity contribution is -0.111. The summed E-state index contributed by atoms with van der Waals surface area (Å²) in [5.74, 6) is 1.82. The number of carbonyl (C=O) groups is 1. The lowest BCUT2D eigenvalue weighted by Crippen LogP contribution is -2.13. The Labute approximate surface area is 203 Å². The average Bonchev–Trinajstić information content (AvgIpc) is 2.83. The van der Waals surface area contributed by atoms with E-state index in [9.17, 15) is 4.79 Å². The minimum atomic E-state index is -0.155. The Morgan fingerprint density at radius 2 is 1.53 bits per heavy atom. The van der Waals surface area contributed by atoms with Crippen LogP contribution in [-0.2, 0) is 11.4 Å². The zero-order valence-electron chi connectivity index (χ0n) is 20.8. The average molecular weight is 458 g/mol. The van der Waals surface area contributed by atoms with Gasteiger partial charge in [0.1, 0.15) is 6.61 Å². The first-order valence-corrected chi connectivity index (χ1v) is 11.9. The second-order valence-electron chi connectivity index (χ2n) is 8.86. The third-order valence-corrected chi connectivity index (χ3v) is 5.55. The highest BCUT2D eigenvalue weighted by molar-refractivity contribution is 6.03. The Morgan fingerprint density at radius 1 is 0.853 bits per heavy atom. The number of carbonyl (C=O) groups excluding carboxylic acids is 1. The normalized spacial score (nSPS) is 11.3. The first kappa shape index (κ1) is 25.1. The lowest BCUT2D eigenvalue weighted by Gasteiger charge is -2.19. The Balaban J connectivity index is 1.75. The number of nitrogens with one attached hydrogen (secondary N) is 1. The fourth-order valence-corrected chi connectivity index (χ4v) is 3.78. The molecule has 0 aliphatic carbocycles. The molecule has 0 fully saturated rings. The van der Waals surface area contributed by atoms with Crippen molar-refractivity contribution in [3.05, 3.63) is 95.1 Å². The van der Waals surface area contributed by atoms with Gasteiger partial charge in [-0.3, -0.25) is 4.79 Å². The molecule has 34 heavy (non-hydrogen) atoms. The van der Waals surface area contributed by atoms with Crippen molar-refractivity contribution >= 4 is 17.7 Å². The summed E-state index contributed by atoms with van der Waals surface area (Å²) in [6.45, 7) is 11.5. The van der Waals surface area contributed by atoms with Crippen LogP contribution in [0.1, 0.15) is 68.7 Å². The maximum Gasteiger partial charge on any atom is 0.248 e. The molecule has 0 unspecified atom stereocenters. The second-order valence-corrected chi connectivity index (χ2v) is 8.86. The van der Waals surface area contributed by atoms with Gasteiger partial charge in [0.15, 0.2) is 11.5 Å². The van der Waals surface area contributed by atoms with Crippen LogP contribution in [0.15, 0.2) is 72.8 Å². The first-order chi connectivity index (χ1) is 16.4. The molecule has 1 N–H and O–H groups in total. The van der Waals surface area contributed by atoms with E-state index in [0.29, 0.717) is 36.5 Å². The molecular weight excluding hydrogens is 422 g/mol. The lowest BCUT2D eigenvalue weighted by atomic mass is 9.92. The van der Waals surface area contributed by atoms with Crippen molar-refractivity contribution in [3.8, 4) is 11.5 Å². The molecule has 4 heteroatoms. The standard InChI is InChI=1S/C30H35NO3/c1-6-33-28-19-23(15-17-27(28)34-20-24-11-8-7-9-12-24)16-18-29(32)31-30-25(21(2)3)13-10-14-26(30)22(4)5/h7-19,21-22H,6,20H2,1-5H3,(H,31,32)/b18-16+. The molecule has 3 aromatic carbocycles. The summed E-state index contributed by atoms with van der Waals surface area (Å²) in [7, 11) is 0. The summed E-state index contributed by atoms with van der Waals surface area (Å²) in [6.07, 6.45) is 3.36. The highest BCUT2D eigenvalue weighted by Gasteiger charge is 2.15. The molecule has 0 spiro atoms. The van der Waals surface area contributed by atoms with Gasteiger partial charge in [-0.1, -0.05) is 82.3 Å². The van der Waals surface area contributed by atoms with Crippen LogP contribution in [0.4, 0.5) is 5.69 Å². The van der Waals surface area contributed by atoms with Crippen molar-refractivity contribution in [3.63, 3.8) is 0 Å². The summed E-state index contributed by atoms with van der Waals surface area (Å²) in [5.41, 5.74) is 5.17. The smallest absolute Gasteiger partial charge is 0.248 e. The van der Waals surface area contributed by atoms with Crippen molar-refractivity contribution in [2.45, 2.75) is 53.1 Å². The number of hydrogen-bond donors (Lipinski definition) is 1. The van der Waals surface area contributed by atoms with Gasteiger partial charge >= 0.3 is 0 Å². The molecular formula is C30H35NO3. The molecule has 178 valence electrons. The fraction of sp³-hybridized carbons (Fsp3) is 0.300. The summed E-state index contributed by atoms with van der Waals surface area (Å²) in [4.78, 5) is 12.8. The minimum absolute atomic E-state index is 0.155. The van der Waals surface area contributed by atoms with E-state index in [2.05, 4.69) is 51.2 Å². The van der Waals surface area contributed by atoms with Crippen molar-refractivity contribution in [1.29, 1.82) is 0 Å². The van der Waals surface area contributed by atoms with Gasteiger partial charge in [-0.05, 0) is 59.2 Å². The van der Waals surface area contributed by atoms with Gasteiger partial charge in [-0.2, -0.15) is 0 Å². The number of anilines is 1. The Hall–Kier alpha value is -3.53. The van der Waals surface area contributed by atoms with E-state index in [4.69, 9.17) is 9.47 Å². The molecule has 0 atom stereocenters. The van der Waals surface area contributed by atoms with E-state index < -0.39 is 0 Å². The molecule has 3 aromatic rings. The maximum absolute atomic E-state index is 12.8. The van der Waals surface area contributed by atoms with E-state index in [1.165, 1.54) is 0 Å². The van der Waals surface area contributed by atoms with Gasteiger partial charge in [0.25, 0.3) is 0 Å². The second kappa shape index (κ2) is 12.1. The fourth-order valence-electron chi connectivity index (χ4n) is 3.78. The number of amides is 1. The summed E-state index contributed by atoms with van der Waals surface area (Å²) in [6, 6.07) is 22.0. The zero-order chi connectivity index (χ0) is 24.5. The quantitative estimate of drug-likeness (QED) is 0.320. The molecule has 0 aliphatic heterocycles. The van der Waals surface area contributed by atoms with Gasteiger partial charge in [0, 0.05) is 11.8 Å². The monoisotopic (exact) mass is 457 g/mol. The summed E-state index contributed by atoms with van der Waals surface area (Å²) in [5, 5.41) is 3.12. The molecule has 0 saturated heterocycles. The van der Waals surface area contributed by atoms with E-state index in [0.717, 1.165) is 27.9 Å². The zero-order valence-corrected chi connectivity index (χ0v) is 20.8. The van der Waals surface area contributed by atoms with Crippen LogP contribution in [0.2, 0.25) is 0 Å². The van der Waals surface area contributed by atoms with Gasteiger partial charge in [-0.15, -0.1) is 0 Å². The number of rotatable bonds is 10. The predicted molar refractivity (Wildman–Crippen MR) is 141 cm³/mol. The van der Waals surface area contributed by atoms with Crippen molar-refractivity contribution in [2.24, 2.45) is 0 Å². The molecule has 0 aromatic heterocycles. The van der Waals surface area contributed by atoms with Crippen LogP contribution >= 0.6 is 0 Å². The Bertz CT molecular complexity index is 1090. The molecule has 0 heterocycles. The largest absolute Gasteiger partial charge is 0.490 e. The maximum atomic E-state index is 12.8. The number of benzene rings is 3. The SMILES string of the molecule is CCOc1cc(/C=C/C(=O)Nc2c(C(C)C)cccc2C(C)C)ccc1OCc1ccccc1. The number of hydrogen-bond acceptors (Lipinski definition) is 3. The molecule has 0 radical (unpaired) electrons. The topological polar surface area (TPSA) is 47.6 Å². The van der Waals surface area contributed by atoms with Crippen LogP contribution in [0.3, 0.4) is 0 Å². The van der Waals surface area contributed by atoms with Crippen LogP contribution < -0.4 is 14.8 Å². The van der Waals surface area contributed by atoms with Crippen LogP contribution in [-0.4, -0.2) is 12.5 Å². The van der Waals surface area contributed by atoms with Crippen LogP contribution in [0.5, 0.6) is 11.5 Å². The van der Waals surface area contributed by atoms with Crippen molar-refractivity contribution < 1.29 is 14.3 Å². The molecule has 1 amide bonds. The molecule has 4 nitrogen and oxygen atoms in total. The van der Waals surface area contributed by atoms with Gasteiger partial charge < -0.3 is 14.8 Å². The van der Waals surface area contributed by atoms with E-state index in [1.54, 1.807) is 12.2 Å². The summed E-state index contributed by atoms with van der Waals surface area (Å²) >= 11 is 0. The van der Waals surface area contributed by atoms with E-state index >= 15 is 0 Å². The third-order valence-electron chi connectivity index (χ3n) is 5.55. The van der Waals surface area contributed by atoms with Crippen molar-refractivity contribution in [1.82, 2.24) is 0 Å². The molecule has 3 rings (SSSR count). The van der Waals surface area contributed by atoms with Gasteiger partial charge in [0.2, 0.25) is 5.91 Å². The highest BCUT2D eigenvalue weighted by atomic mass is 16.5. The summed E-state index contributed by atoms with van der Waals surface area (Å²) < 4.78 is 11.8. The molecule has 0 bridgehead atoms. The van der Waals surface area contributed by atoms with Crippen LogP contribution in [0, 0.1) is 0 Å². The first-order valence-electron chi connectivity index (χ1n) is 11.9. The Morgan fingerprint density at radius 3 is 2.15 bits per heavy atom. The molecule has 0 saturated carbocycles. The van der Waals surface area contributed by atoms with Crippen molar-refractivity contribution in [2.75, 3.05) is 11.9 Å². The van der Waals surface area contributed by atoms with E-state index in [-0.39, 0.29) is 5.91 Å². The van der Waals surface area contributed by atoms with Gasteiger partial charge in [0.05, 0.1) is 6.61 Å². The molecule has 0 aliphatic rings. The number of para-hydroxylation sites is 1. The van der Waals surface area contributed by atoms with Crippen LogP contribution in [0.25, 0.3) is 6.08 Å². The van der Waals surface area contributed by atoms with E-state index in [1.807, 2.05) is 55.5 Å². The number of ether oxygens (including phenoxy) is 2. The minimum Gasteiger partial charge on any atom is -0.490 e. The predicted octanol–water partition coefficient (Wildman–Crippen LogP) is 7.56.